The number of aryl methyl sites for hydroxylation is 2. The Kier molecular flexibility index (Phi) is 8.69. The highest BCUT2D eigenvalue weighted by molar-refractivity contribution is 6.32. The maximum atomic E-state index is 12.6. The smallest absolute Gasteiger partial charge is 0.484 e. The number of halogens is 1. The van der Waals surface area contributed by atoms with E-state index in [9.17, 15) is 14.4 Å². The molecule has 0 atom stereocenters. The van der Waals surface area contributed by atoms with Gasteiger partial charge in [0.05, 0.1) is 6.61 Å². The largest absolute Gasteiger partial charge is 0.513 e. The van der Waals surface area contributed by atoms with E-state index >= 15 is 0 Å². The molecule has 0 fully saturated rings. The lowest BCUT2D eigenvalue weighted by molar-refractivity contribution is -0.118. The van der Waals surface area contributed by atoms with Crippen LogP contribution in [0.15, 0.2) is 60.7 Å². The van der Waals surface area contributed by atoms with Gasteiger partial charge in [0.2, 0.25) is 0 Å². The van der Waals surface area contributed by atoms with E-state index in [-0.39, 0.29) is 30.8 Å². The standard InChI is InChI=1S/C26H25ClN2O6/c1-4-33-26(32)35-21-10-8-18(9-11-21)25(31)29-20-7-5-6-19(14-20)28-23(30)15-34-22-12-16(2)24(27)17(3)13-22/h5-14H,4,15H2,1-3H3,(H,28,30)(H,29,31). The molecule has 3 aromatic carbocycles. The van der Waals surface area contributed by atoms with Crippen molar-refractivity contribution in [1.82, 2.24) is 0 Å². The van der Waals surface area contributed by atoms with Gasteiger partial charge in [0, 0.05) is 22.0 Å². The van der Waals surface area contributed by atoms with E-state index in [1.807, 2.05) is 13.8 Å². The maximum absolute atomic E-state index is 12.6. The zero-order chi connectivity index (χ0) is 25.4. The molecular formula is C26H25ClN2O6. The molecule has 0 bridgehead atoms. The Morgan fingerprint density at radius 2 is 1.49 bits per heavy atom. The minimum Gasteiger partial charge on any atom is -0.484 e. The molecule has 0 aromatic heterocycles. The average molecular weight is 497 g/mol. The van der Waals surface area contributed by atoms with Crippen LogP contribution < -0.4 is 20.1 Å². The first-order valence-corrected chi connectivity index (χ1v) is 11.2. The molecule has 0 radical (unpaired) electrons. The molecule has 3 aromatic rings. The molecular weight excluding hydrogens is 472 g/mol. The highest BCUT2D eigenvalue weighted by Gasteiger charge is 2.11. The molecule has 0 aliphatic heterocycles. The van der Waals surface area contributed by atoms with Crippen molar-refractivity contribution in [3.63, 3.8) is 0 Å². The zero-order valence-electron chi connectivity index (χ0n) is 19.5. The molecule has 0 aliphatic rings. The van der Waals surface area contributed by atoms with Crippen molar-refractivity contribution in [1.29, 1.82) is 0 Å². The van der Waals surface area contributed by atoms with Gasteiger partial charge in [-0.25, -0.2) is 4.79 Å². The summed E-state index contributed by atoms with van der Waals surface area (Å²) in [5, 5.41) is 6.17. The SMILES string of the molecule is CCOC(=O)Oc1ccc(C(=O)Nc2cccc(NC(=O)COc3cc(C)c(Cl)c(C)c3)c2)cc1. The number of hydrogen-bond donors (Lipinski definition) is 2. The van der Waals surface area contributed by atoms with Gasteiger partial charge in [-0.15, -0.1) is 0 Å². The summed E-state index contributed by atoms with van der Waals surface area (Å²) >= 11 is 6.16. The number of amides is 2. The maximum Gasteiger partial charge on any atom is 0.513 e. The lowest BCUT2D eigenvalue weighted by Gasteiger charge is -2.11. The van der Waals surface area contributed by atoms with Gasteiger partial charge in [-0.2, -0.15) is 0 Å². The predicted molar refractivity (Wildman–Crippen MR) is 134 cm³/mol. The number of carbonyl (C=O) groups excluding carboxylic acids is 3. The molecule has 182 valence electrons. The van der Waals surface area contributed by atoms with Crippen molar-refractivity contribution in [3.05, 3.63) is 82.4 Å². The van der Waals surface area contributed by atoms with Crippen molar-refractivity contribution >= 4 is 40.9 Å². The Bertz CT molecular complexity index is 1200. The van der Waals surface area contributed by atoms with E-state index in [2.05, 4.69) is 10.6 Å². The second kappa shape index (κ2) is 11.9. The monoisotopic (exact) mass is 496 g/mol. The van der Waals surface area contributed by atoms with E-state index in [0.717, 1.165) is 11.1 Å². The van der Waals surface area contributed by atoms with Gasteiger partial charge in [0.1, 0.15) is 11.5 Å². The molecule has 0 unspecified atom stereocenters. The van der Waals surface area contributed by atoms with E-state index in [4.69, 9.17) is 25.8 Å². The number of rotatable bonds is 8. The molecule has 9 heteroatoms. The summed E-state index contributed by atoms with van der Waals surface area (Å²) in [5.41, 5.74) is 3.08. The molecule has 8 nitrogen and oxygen atoms in total. The third kappa shape index (κ3) is 7.48. The summed E-state index contributed by atoms with van der Waals surface area (Å²) in [6, 6.07) is 16.3. The molecule has 0 heterocycles. The van der Waals surface area contributed by atoms with Crippen LogP contribution in [0, 0.1) is 13.8 Å². The first-order valence-electron chi connectivity index (χ1n) is 10.8. The number of nitrogens with one attached hydrogen (secondary N) is 2. The highest BCUT2D eigenvalue weighted by atomic mass is 35.5. The molecule has 0 aliphatic carbocycles. The van der Waals surface area contributed by atoms with Crippen LogP contribution in [0.3, 0.4) is 0 Å². The van der Waals surface area contributed by atoms with Gasteiger partial charge in [-0.1, -0.05) is 17.7 Å². The van der Waals surface area contributed by atoms with Crippen LogP contribution in [-0.2, 0) is 9.53 Å². The Morgan fingerprint density at radius 3 is 2.11 bits per heavy atom. The fraction of sp³-hybridized carbons (Fsp3) is 0.192. The third-order valence-electron chi connectivity index (χ3n) is 4.76. The number of ether oxygens (including phenoxy) is 3. The quantitative estimate of drug-likeness (QED) is 0.303. The first-order chi connectivity index (χ1) is 16.7. The van der Waals surface area contributed by atoms with Crippen LogP contribution in [0.2, 0.25) is 5.02 Å². The summed E-state index contributed by atoms with van der Waals surface area (Å²) in [4.78, 5) is 36.3. The zero-order valence-corrected chi connectivity index (χ0v) is 20.3. The molecule has 0 saturated heterocycles. The number of anilines is 2. The minimum absolute atomic E-state index is 0.183. The van der Waals surface area contributed by atoms with Gasteiger partial charge in [-0.3, -0.25) is 9.59 Å². The van der Waals surface area contributed by atoms with E-state index in [0.29, 0.717) is 27.7 Å². The van der Waals surface area contributed by atoms with Crippen molar-refractivity contribution in [2.24, 2.45) is 0 Å². The number of benzene rings is 3. The van der Waals surface area contributed by atoms with Gasteiger partial charge in [-0.05, 0) is 86.5 Å². The lowest BCUT2D eigenvalue weighted by atomic mass is 10.1. The fourth-order valence-electron chi connectivity index (χ4n) is 3.13. The Labute approximate surface area is 208 Å². The summed E-state index contributed by atoms with van der Waals surface area (Å²) in [5.74, 6) is 0.0963. The second-order valence-corrected chi connectivity index (χ2v) is 7.93. The minimum atomic E-state index is -0.813. The molecule has 35 heavy (non-hydrogen) atoms. The van der Waals surface area contributed by atoms with Crippen LogP contribution in [0.25, 0.3) is 0 Å². The number of hydrogen-bond acceptors (Lipinski definition) is 6. The van der Waals surface area contributed by atoms with Crippen LogP contribution >= 0.6 is 11.6 Å². The average Bonchev–Trinajstić information content (AvgIpc) is 2.82. The first kappa shape index (κ1) is 25.6. The van der Waals surface area contributed by atoms with Crippen LogP contribution in [0.1, 0.15) is 28.4 Å². The predicted octanol–water partition coefficient (Wildman–Crippen LogP) is 5.76. The van der Waals surface area contributed by atoms with E-state index in [1.54, 1.807) is 43.3 Å². The molecule has 0 saturated carbocycles. The molecule has 0 spiro atoms. The Balaban J connectivity index is 1.55. The van der Waals surface area contributed by atoms with Crippen LogP contribution in [0.5, 0.6) is 11.5 Å². The second-order valence-electron chi connectivity index (χ2n) is 7.55. The summed E-state index contributed by atoms with van der Waals surface area (Å²) < 4.78 is 15.3. The lowest BCUT2D eigenvalue weighted by Crippen LogP contribution is -2.20. The van der Waals surface area contributed by atoms with E-state index < -0.39 is 6.16 Å². The van der Waals surface area contributed by atoms with Crippen molar-refractivity contribution in [3.8, 4) is 11.5 Å². The van der Waals surface area contributed by atoms with Gasteiger partial charge in [0.15, 0.2) is 6.61 Å². The Hall–Kier alpha value is -4.04. The van der Waals surface area contributed by atoms with Gasteiger partial charge >= 0.3 is 6.16 Å². The molecule has 2 N–H and O–H groups in total. The normalized spacial score (nSPS) is 10.3. The summed E-state index contributed by atoms with van der Waals surface area (Å²) in [6.45, 7) is 5.43. The number of carbonyl (C=O) groups is 3. The van der Waals surface area contributed by atoms with Gasteiger partial charge in [0.25, 0.3) is 11.8 Å². The topological polar surface area (TPSA) is 103 Å². The summed E-state index contributed by atoms with van der Waals surface area (Å²) in [7, 11) is 0. The third-order valence-corrected chi connectivity index (χ3v) is 5.36. The van der Waals surface area contributed by atoms with Crippen molar-refractivity contribution in [2.75, 3.05) is 23.8 Å². The van der Waals surface area contributed by atoms with Crippen molar-refractivity contribution in [2.45, 2.75) is 20.8 Å². The van der Waals surface area contributed by atoms with Crippen LogP contribution in [-0.4, -0.2) is 31.2 Å². The van der Waals surface area contributed by atoms with Crippen LogP contribution in [0.4, 0.5) is 16.2 Å². The van der Waals surface area contributed by atoms with E-state index in [1.165, 1.54) is 24.3 Å². The Morgan fingerprint density at radius 1 is 0.857 bits per heavy atom. The summed E-state index contributed by atoms with van der Waals surface area (Å²) in [6.07, 6.45) is -0.813. The van der Waals surface area contributed by atoms with Crippen molar-refractivity contribution < 1.29 is 28.6 Å². The highest BCUT2D eigenvalue weighted by Crippen LogP contribution is 2.26. The molecule has 2 amide bonds. The fourth-order valence-corrected chi connectivity index (χ4v) is 3.24. The van der Waals surface area contributed by atoms with Gasteiger partial charge < -0.3 is 24.8 Å². The molecule has 3 rings (SSSR count).